The van der Waals surface area contributed by atoms with Crippen LogP contribution in [0.5, 0.6) is 0 Å². The number of carbonyl (C=O) groups excluding carboxylic acids is 1. The molecule has 6 nitrogen and oxygen atoms in total. The van der Waals surface area contributed by atoms with Crippen molar-refractivity contribution in [1.82, 2.24) is 0 Å². The summed E-state index contributed by atoms with van der Waals surface area (Å²) in [5.41, 5.74) is -0.0161. The molecular formula is C16H20O6. The van der Waals surface area contributed by atoms with E-state index in [1.165, 1.54) is 12.1 Å². The van der Waals surface area contributed by atoms with Crippen LogP contribution in [0.15, 0.2) is 24.3 Å². The number of ether oxygens (including phenoxy) is 1. The Morgan fingerprint density at radius 3 is 2.09 bits per heavy atom. The van der Waals surface area contributed by atoms with Crippen molar-refractivity contribution in [3.8, 4) is 0 Å². The normalized spacial score (nSPS) is 10.2. The predicted octanol–water partition coefficient (Wildman–Crippen LogP) is 2.97. The first-order valence-electron chi connectivity index (χ1n) is 7.23. The lowest BCUT2D eigenvalue weighted by molar-refractivity contribution is -0.137. The van der Waals surface area contributed by atoms with E-state index in [0.717, 1.165) is 19.3 Å². The third-order valence-corrected chi connectivity index (χ3v) is 3.15. The maximum absolute atomic E-state index is 11.8. The molecule has 0 aliphatic carbocycles. The van der Waals surface area contributed by atoms with Crippen molar-refractivity contribution < 1.29 is 29.3 Å². The topological polar surface area (TPSA) is 101 Å². The molecule has 0 amide bonds. The molecule has 22 heavy (non-hydrogen) atoms. The van der Waals surface area contributed by atoms with Crippen LogP contribution in [0, 0.1) is 0 Å². The molecule has 0 fully saturated rings. The maximum Gasteiger partial charge on any atom is 0.339 e. The first-order chi connectivity index (χ1) is 10.5. The lowest BCUT2D eigenvalue weighted by atomic mass is 10.1. The Balaban J connectivity index is 2.24. The van der Waals surface area contributed by atoms with Crippen LogP contribution in [0.4, 0.5) is 0 Å². The van der Waals surface area contributed by atoms with Crippen molar-refractivity contribution in [3.05, 3.63) is 35.4 Å². The molecule has 0 bridgehead atoms. The Labute approximate surface area is 128 Å². The average molecular weight is 308 g/mol. The van der Waals surface area contributed by atoms with Crippen LogP contribution in [0.1, 0.15) is 59.2 Å². The molecule has 1 rings (SSSR count). The predicted molar refractivity (Wildman–Crippen MR) is 79.0 cm³/mol. The monoisotopic (exact) mass is 308 g/mol. The zero-order chi connectivity index (χ0) is 16.4. The summed E-state index contributed by atoms with van der Waals surface area (Å²) < 4.78 is 5.07. The van der Waals surface area contributed by atoms with Gasteiger partial charge in [-0.05, 0) is 25.0 Å². The Hall–Kier alpha value is -2.37. The van der Waals surface area contributed by atoms with Crippen molar-refractivity contribution >= 4 is 17.9 Å². The SMILES string of the molecule is O=C(O)CCCCCCCOC(=O)c1ccccc1C(=O)O. The highest BCUT2D eigenvalue weighted by atomic mass is 16.5. The second-order valence-corrected chi connectivity index (χ2v) is 4.90. The molecule has 0 saturated carbocycles. The largest absolute Gasteiger partial charge is 0.481 e. The van der Waals surface area contributed by atoms with Crippen molar-refractivity contribution in [3.63, 3.8) is 0 Å². The minimum absolute atomic E-state index is 0.0523. The maximum atomic E-state index is 11.8. The second-order valence-electron chi connectivity index (χ2n) is 4.90. The summed E-state index contributed by atoms with van der Waals surface area (Å²) in [7, 11) is 0. The summed E-state index contributed by atoms with van der Waals surface area (Å²) in [4.78, 5) is 33.2. The van der Waals surface area contributed by atoms with Crippen LogP contribution in [-0.4, -0.2) is 34.7 Å². The van der Waals surface area contributed by atoms with E-state index in [1.807, 2.05) is 0 Å². The summed E-state index contributed by atoms with van der Waals surface area (Å²) in [5, 5.41) is 17.5. The number of benzene rings is 1. The Bertz CT molecular complexity index is 523. The number of esters is 1. The molecule has 0 aliphatic rings. The van der Waals surface area contributed by atoms with Crippen LogP contribution in [0.2, 0.25) is 0 Å². The van der Waals surface area contributed by atoms with Gasteiger partial charge in [0.2, 0.25) is 0 Å². The number of hydrogen-bond donors (Lipinski definition) is 2. The summed E-state index contributed by atoms with van der Waals surface area (Å²) in [6, 6.07) is 5.93. The number of hydrogen-bond acceptors (Lipinski definition) is 4. The standard InChI is InChI=1S/C16H20O6/c17-14(18)10-4-2-1-3-7-11-22-16(21)13-9-6-5-8-12(13)15(19)20/h5-6,8-9H,1-4,7,10-11H2,(H,17,18)(H,19,20). The molecule has 0 aliphatic heterocycles. The first kappa shape index (κ1) is 17.7. The van der Waals surface area contributed by atoms with Gasteiger partial charge in [-0.25, -0.2) is 9.59 Å². The number of carboxylic acid groups (broad SMARTS) is 2. The van der Waals surface area contributed by atoms with Gasteiger partial charge in [0.25, 0.3) is 0 Å². The Morgan fingerprint density at radius 1 is 0.864 bits per heavy atom. The summed E-state index contributed by atoms with van der Waals surface area (Å²) in [5.74, 6) is -2.58. The molecule has 2 N–H and O–H groups in total. The number of aromatic carboxylic acids is 1. The third kappa shape index (κ3) is 6.39. The van der Waals surface area contributed by atoms with E-state index in [4.69, 9.17) is 14.9 Å². The molecule has 1 aromatic rings. The Kier molecular flexibility index (Phi) is 7.67. The minimum atomic E-state index is -1.16. The molecule has 0 heterocycles. The van der Waals surface area contributed by atoms with Gasteiger partial charge in [0.05, 0.1) is 17.7 Å². The van der Waals surface area contributed by atoms with Crippen LogP contribution < -0.4 is 0 Å². The van der Waals surface area contributed by atoms with Crippen molar-refractivity contribution in [2.75, 3.05) is 6.61 Å². The van der Waals surface area contributed by atoms with E-state index in [-0.39, 0.29) is 24.2 Å². The van der Waals surface area contributed by atoms with Crippen LogP contribution in [0.25, 0.3) is 0 Å². The van der Waals surface area contributed by atoms with E-state index in [2.05, 4.69) is 0 Å². The highest BCUT2D eigenvalue weighted by molar-refractivity contribution is 6.02. The highest BCUT2D eigenvalue weighted by Gasteiger charge is 2.16. The van der Waals surface area contributed by atoms with Gasteiger partial charge < -0.3 is 14.9 Å². The summed E-state index contributed by atoms with van der Waals surface area (Å²) in [6.07, 6.45) is 4.07. The van der Waals surface area contributed by atoms with Crippen molar-refractivity contribution in [1.29, 1.82) is 0 Å². The molecule has 0 spiro atoms. The molecule has 6 heteroatoms. The minimum Gasteiger partial charge on any atom is -0.481 e. The van der Waals surface area contributed by atoms with Crippen molar-refractivity contribution in [2.24, 2.45) is 0 Å². The van der Waals surface area contributed by atoms with Gasteiger partial charge in [-0.2, -0.15) is 0 Å². The van der Waals surface area contributed by atoms with E-state index < -0.39 is 17.9 Å². The second kappa shape index (κ2) is 9.55. The quantitative estimate of drug-likeness (QED) is 0.509. The van der Waals surface area contributed by atoms with E-state index in [1.54, 1.807) is 12.1 Å². The fraction of sp³-hybridized carbons (Fsp3) is 0.438. The van der Waals surface area contributed by atoms with Gasteiger partial charge in [-0.1, -0.05) is 31.4 Å². The number of aliphatic carboxylic acids is 1. The lowest BCUT2D eigenvalue weighted by Gasteiger charge is -2.07. The Morgan fingerprint density at radius 2 is 1.45 bits per heavy atom. The van der Waals surface area contributed by atoms with Gasteiger partial charge in [0.15, 0.2) is 0 Å². The zero-order valence-corrected chi connectivity index (χ0v) is 12.3. The number of unbranched alkanes of at least 4 members (excludes halogenated alkanes) is 4. The first-order valence-corrected chi connectivity index (χ1v) is 7.23. The molecule has 120 valence electrons. The smallest absolute Gasteiger partial charge is 0.339 e. The molecule has 0 radical (unpaired) electrons. The van der Waals surface area contributed by atoms with Gasteiger partial charge in [-0.3, -0.25) is 4.79 Å². The molecule has 0 saturated heterocycles. The van der Waals surface area contributed by atoms with Gasteiger partial charge >= 0.3 is 17.9 Å². The van der Waals surface area contributed by atoms with Gasteiger partial charge in [0, 0.05) is 6.42 Å². The molecule has 0 unspecified atom stereocenters. The summed E-state index contributed by atoms with van der Waals surface area (Å²) >= 11 is 0. The van der Waals surface area contributed by atoms with E-state index in [0.29, 0.717) is 12.8 Å². The molecular weight excluding hydrogens is 288 g/mol. The molecule has 1 aromatic carbocycles. The summed E-state index contributed by atoms with van der Waals surface area (Å²) in [6.45, 7) is 0.228. The van der Waals surface area contributed by atoms with Crippen molar-refractivity contribution in [2.45, 2.75) is 38.5 Å². The number of rotatable bonds is 10. The van der Waals surface area contributed by atoms with E-state index >= 15 is 0 Å². The third-order valence-electron chi connectivity index (χ3n) is 3.15. The number of carbonyl (C=O) groups is 3. The van der Waals surface area contributed by atoms with Gasteiger partial charge in [-0.15, -0.1) is 0 Å². The number of carboxylic acids is 2. The van der Waals surface area contributed by atoms with Crippen LogP contribution in [-0.2, 0) is 9.53 Å². The van der Waals surface area contributed by atoms with Gasteiger partial charge in [0.1, 0.15) is 0 Å². The highest BCUT2D eigenvalue weighted by Crippen LogP contribution is 2.11. The molecule has 0 atom stereocenters. The van der Waals surface area contributed by atoms with Crippen LogP contribution >= 0.6 is 0 Å². The fourth-order valence-electron chi connectivity index (χ4n) is 2.00. The zero-order valence-electron chi connectivity index (χ0n) is 12.3. The van der Waals surface area contributed by atoms with Crippen LogP contribution in [0.3, 0.4) is 0 Å². The lowest BCUT2D eigenvalue weighted by Crippen LogP contribution is -2.12. The average Bonchev–Trinajstić information content (AvgIpc) is 2.49. The fourth-order valence-corrected chi connectivity index (χ4v) is 2.00. The van der Waals surface area contributed by atoms with E-state index in [9.17, 15) is 14.4 Å². The molecule has 0 aromatic heterocycles.